The van der Waals surface area contributed by atoms with Gasteiger partial charge in [-0.25, -0.2) is 0 Å². The minimum Gasteiger partial charge on any atom is -0.350 e. The van der Waals surface area contributed by atoms with Gasteiger partial charge in [0.05, 0.1) is 6.04 Å². The summed E-state index contributed by atoms with van der Waals surface area (Å²) in [4.78, 5) is 26.3. The van der Waals surface area contributed by atoms with Crippen molar-refractivity contribution >= 4 is 27.7 Å². The number of hydrogen-bond acceptors (Lipinski definition) is 2. The van der Waals surface area contributed by atoms with E-state index in [0.29, 0.717) is 18.8 Å². The lowest BCUT2D eigenvalue weighted by atomic mass is 9.84. The van der Waals surface area contributed by atoms with Gasteiger partial charge in [0.25, 0.3) is 5.91 Å². The molecule has 0 radical (unpaired) electrons. The van der Waals surface area contributed by atoms with Gasteiger partial charge in [-0.3, -0.25) is 9.59 Å². The smallest absolute Gasteiger partial charge is 0.270 e. The van der Waals surface area contributed by atoms with Gasteiger partial charge >= 0.3 is 0 Å². The van der Waals surface area contributed by atoms with E-state index in [4.69, 9.17) is 0 Å². The van der Waals surface area contributed by atoms with Crippen LogP contribution in [0.2, 0.25) is 0 Å². The first kappa shape index (κ1) is 15.6. The van der Waals surface area contributed by atoms with Gasteiger partial charge in [-0.1, -0.05) is 6.42 Å². The number of amides is 2. The molecule has 1 aromatic heterocycles. The van der Waals surface area contributed by atoms with Crippen molar-refractivity contribution < 1.29 is 9.59 Å². The van der Waals surface area contributed by atoms with E-state index in [0.717, 1.165) is 23.7 Å². The Morgan fingerprint density at radius 1 is 1.32 bits per heavy atom. The molecule has 0 bridgehead atoms. The van der Waals surface area contributed by atoms with Crippen molar-refractivity contribution in [3.8, 4) is 0 Å². The molecule has 1 aliphatic carbocycles. The van der Waals surface area contributed by atoms with E-state index in [1.54, 1.807) is 4.90 Å². The lowest BCUT2D eigenvalue weighted by molar-refractivity contribution is -0.129. The van der Waals surface area contributed by atoms with Crippen molar-refractivity contribution in [1.82, 2.24) is 14.8 Å². The predicted molar refractivity (Wildman–Crippen MR) is 87.7 cm³/mol. The molecule has 0 aromatic carbocycles. The maximum atomic E-state index is 12.6. The number of hydrogen-bond donors (Lipinski definition) is 1. The molecule has 0 spiro atoms. The summed E-state index contributed by atoms with van der Waals surface area (Å²) in [6.07, 6.45) is 5.12. The number of likely N-dealkylation sites (tertiary alicyclic amines) is 1. The SMILES string of the molecule is CC(C)n1cc(Br)cc1C(=O)N1CC(NC(=O)C2CCC2)C1. The first-order valence-corrected chi connectivity index (χ1v) is 8.72. The number of halogens is 1. The predicted octanol–water partition coefficient (Wildman–Crippen LogP) is 2.57. The number of nitrogens with one attached hydrogen (secondary N) is 1. The average Bonchev–Trinajstić information content (AvgIpc) is 2.72. The van der Waals surface area contributed by atoms with E-state index < -0.39 is 0 Å². The molecule has 1 N–H and O–H groups in total. The maximum absolute atomic E-state index is 12.6. The Morgan fingerprint density at radius 3 is 2.55 bits per heavy atom. The molecule has 1 aliphatic heterocycles. The molecule has 1 aromatic rings. The molecule has 0 atom stereocenters. The van der Waals surface area contributed by atoms with E-state index >= 15 is 0 Å². The molecule has 2 aliphatic rings. The van der Waals surface area contributed by atoms with Gasteiger partial charge in [0.15, 0.2) is 0 Å². The van der Waals surface area contributed by atoms with Crippen LogP contribution in [0.1, 0.15) is 49.6 Å². The Hall–Kier alpha value is -1.30. The highest BCUT2D eigenvalue weighted by molar-refractivity contribution is 9.10. The summed E-state index contributed by atoms with van der Waals surface area (Å²) >= 11 is 3.43. The van der Waals surface area contributed by atoms with E-state index in [2.05, 4.69) is 35.1 Å². The third kappa shape index (κ3) is 2.93. The second-order valence-electron chi connectivity index (χ2n) is 6.59. The van der Waals surface area contributed by atoms with Crippen LogP contribution in [-0.4, -0.2) is 40.4 Å². The van der Waals surface area contributed by atoms with Gasteiger partial charge in [0, 0.05) is 35.7 Å². The van der Waals surface area contributed by atoms with Crippen LogP contribution in [0.25, 0.3) is 0 Å². The van der Waals surface area contributed by atoms with Gasteiger partial charge < -0.3 is 14.8 Å². The third-order valence-electron chi connectivity index (χ3n) is 4.58. The van der Waals surface area contributed by atoms with Crippen LogP contribution in [0.5, 0.6) is 0 Å². The van der Waals surface area contributed by atoms with Crippen molar-refractivity contribution in [2.24, 2.45) is 5.92 Å². The second-order valence-corrected chi connectivity index (χ2v) is 7.50. The summed E-state index contributed by atoms with van der Waals surface area (Å²) in [5.74, 6) is 0.407. The van der Waals surface area contributed by atoms with Gasteiger partial charge in [-0.05, 0) is 48.7 Å². The molecule has 0 unspecified atom stereocenters. The summed E-state index contributed by atoms with van der Waals surface area (Å²) < 4.78 is 2.90. The average molecular weight is 368 g/mol. The zero-order valence-electron chi connectivity index (χ0n) is 13.0. The summed E-state index contributed by atoms with van der Waals surface area (Å²) in [6.45, 7) is 5.33. The molecule has 1 saturated carbocycles. The molecular formula is C16H22BrN3O2. The third-order valence-corrected chi connectivity index (χ3v) is 5.02. The maximum Gasteiger partial charge on any atom is 0.270 e. The van der Waals surface area contributed by atoms with Gasteiger partial charge in [0.1, 0.15) is 5.69 Å². The molecule has 2 heterocycles. The highest BCUT2D eigenvalue weighted by Gasteiger charge is 2.35. The number of rotatable bonds is 4. The molecule has 1 saturated heterocycles. The number of carbonyl (C=O) groups is 2. The summed E-state index contributed by atoms with van der Waals surface area (Å²) in [5, 5.41) is 3.05. The standard InChI is InChI=1S/C16H22BrN3O2/c1-10(2)20-7-12(17)6-14(20)16(22)19-8-13(9-19)18-15(21)11-4-3-5-11/h6-7,10-11,13H,3-5,8-9H2,1-2H3,(H,18,21). The Morgan fingerprint density at radius 2 is 2.00 bits per heavy atom. The normalized spacial score (nSPS) is 19.0. The number of carbonyl (C=O) groups excluding carboxylic acids is 2. The van der Waals surface area contributed by atoms with Crippen LogP contribution >= 0.6 is 15.9 Å². The minimum absolute atomic E-state index is 0.0357. The second kappa shape index (κ2) is 6.07. The molecule has 120 valence electrons. The zero-order chi connectivity index (χ0) is 15.9. The van der Waals surface area contributed by atoms with Gasteiger partial charge in [-0.15, -0.1) is 0 Å². The number of nitrogens with zero attached hydrogens (tertiary/aromatic N) is 2. The molecular weight excluding hydrogens is 346 g/mol. The highest BCUT2D eigenvalue weighted by Crippen LogP contribution is 2.27. The van der Waals surface area contributed by atoms with E-state index in [1.807, 2.05) is 16.8 Å². The van der Waals surface area contributed by atoms with Crippen LogP contribution in [0.15, 0.2) is 16.7 Å². The fraction of sp³-hybridized carbons (Fsp3) is 0.625. The summed E-state index contributed by atoms with van der Waals surface area (Å²) in [6, 6.07) is 2.21. The molecule has 5 nitrogen and oxygen atoms in total. The van der Waals surface area contributed by atoms with Crippen LogP contribution < -0.4 is 5.32 Å². The zero-order valence-corrected chi connectivity index (χ0v) is 14.6. The Labute approximate surface area is 139 Å². The van der Waals surface area contributed by atoms with Crippen molar-refractivity contribution in [3.63, 3.8) is 0 Å². The van der Waals surface area contributed by atoms with Crippen LogP contribution in [-0.2, 0) is 4.79 Å². The lowest BCUT2D eigenvalue weighted by Gasteiger charge is -2.40. The Kier molecular flexibility index (Phi) is 4.30. The quantitative estimate of drug-likeness (QED) is 0.888. The minimum atomic E-state index is 0.0357. The Bertz CT molecular complexity index is 586. The van der Waals surface area contributed by atoms with Gasteiger partial charge in [-0.2, -0.15) is 0 Å². The first-order chi connectivity index (χ1) is 10.5. The fourth-order valence-electron chi connectivity index (χ4n) is 2.93. The first-order valence-electron chi connectivity index (χ1n) is 7.92. The number of aromatic nitrogens is 1. The monoisotopic (exact) mass is 367 g/mol. The topological polar surface area (TPSA) is 54.3 Å². The lowest BCUT2D eigenvalue weighted by Crippen LogP contribution is -2.62. The largest absolute Gasteiger partial charge is 0.350 e. The van der Waals surface area contributed by atoms with E-state index in [9.17, 15) is 9.59 Å². The highest BCUT2D eigenvalue weighted by atomic mass is 79.9. The molecule has 2 fully saturated rings. The van der Waals surface area contributed by atoms with Crippen molar-refractivity contribution in [1.29, 1.82) is 0 Å². The Balaban J connectivity index is 1.56. The van der Waals surface area contributed by atoms with E-state index in [1.165, 1.54) is 0 Å². The van der Waals surface area contributed by atoms with Crippen molar-refractivity contribution in [2.75, 3.05) is 13.1 Å². The van der Waals surface area contributed by atoms with Crippen molar-refractivity contribution in [2.45, 2.75) is 45.2 Å². The molecule has 22 heavy (non-hydrogen) atoms. The van der Waals surface area contributed by atoms with Crippen LogP contribution in [0.3, 0.4) is 0 Å². The molecule has 2 amide bonds. The van der Waals surface area contributed by atoms with E-state index in [-0.39, 0.29) is 29.8 Å². The van der Waals surface area contributed by atoms with Crippen molar-refractivity contribution in [3.05, 3.63) is 22.4 Å². The van der Waals surface area contributed by atoms with Gasteiger partial charge in [0.2, 0.25) is 5.91 Å². The fourth-order valence-corrected chi connectivity index (χ4v) is 3.37. The summed E-state index contributed by atoms with van der Waals surface area (Å²) in [5.41, 5.74) is 0.700. The molecule has 6 heteroatoms. The molecule has 3 rings (SSSR count). The van der Waals surface area contributed by atoms with Crippen LogP contribution in [0, 0.1) is 5.92 Å². The summed E-state index contributed by atoms with van der Waals surface area (Å²) in [7, 11) is 0. The van der Waals surface area contributed by atoms with Crippen LogP contribution in [0.4, 0.5) is 0 Å².